The Hall–Kier alpha value is -0.870. The molecular formula is C9H10INO5S. The van der Waals surface area contributed by atoms with Crippen LogP contribution in [0.1, 0.15) is 17.3 Å². The van der Waals surface area contributed by atoms with Crippen LogP contribution >= 0.6 is 22.6 Å². The quantitative estimate of drug-likeness (QED) is 0.359. The van der Waals surface area contributed by atoms with Crippen molar-refractivity contribution in [2.24, 2.45) is 0 Å². The third-order valence-electron chi connectivity index (χ3n) is 1.90. The number of esters is 1. The van der Waals surface area contributed by atoms with Gasteiger partial charge in [0.15, 0.2) is 0 Å². The molecule has 0 fully saturated rings. The molecule has 0 atom stereocenters. The van der Waals surface area contributed by atoms with E-state index in [4.69, 9.17) is 15.0 Å². The van der Waals surface area contributed by atoms with Crippen LogP contribution in [0, 0.1) is 3.57 Å². The van der Waals surface area contributed by atoms with Gasteiger partial charge in [0, 0.05) is 3.57 Å². The third kappa shape index (κ3) is 3.07. The zero-order chi connectivity index (χ0) is 13.2. The Morgan fingerprint density at radius 2 is 2.12 bits per heavy atom. The van der Waals surface area contributed by atoms with E-state index in [-0.39, 0.29) is 21.4 Å². The van der Waals surface area contributed by atoms with Crippen molar-refractivity contribution in [1.82, 2.24) is 0 Å². The van der Waals surface area contributed by atoms with Crippen LogP contribution in [0.25, 0.3) is 0 Å². The van der Waals surface area contributed by atoms with Gasteiger partial charge < -0.3 is 10.5 Å². The smallest absolute Gasteiger partial charge is 0.340 e. The van der Waals surface area contributed by atoms with E-state index in [2.05, 4.69) is 0 Å². The highest BCUT2D eigenvalue weighted by atomic mass is 127. The molecule has 0 bridgehead atoms. The fourth-order valence-corrected chi connectivity index (χ4v) is 3.23. The predicted octanol–water partition coefficient (Wildman–Crippen LogP) is 1.30. The molecule has 0 aromatic heterocycles. The van der Waals surface area contributed by atoms with Gasteiger partial charge in [0.2, 0.25) is 0 Å². The van der Waals surface area contributed by atoms with Crippen molar-refractivity contribution in [2.75, 3.05) is 12.3 Å². The highest BCUT2D eigenvalue weighted by molar-refractivity contribution is 14.1. The van der Waals surface area contributed by atoms with E-state index < -0.39 is 21.0 Å². The van der Waals surface area contributed by atoms with Crippen LogP contribution in [-0.4, -0.2) is 25.5 Å². The second-order valence-electron chi connectivity index (χ2n) is 3.03. The van der Waals surface area contributed by atoms with Gasteiger partial charge in [0.1, 0.15) is 4.90 Å². The third-order valence-corrected chi connectivity index (χ3v) is 4.12. The SMILES string of the molecule is CCOC(=O)c1ccc(I)c(S(=O)(=O)O)c1N. The van der Waals surface area contributed by atoms with E-state index in [0.29, 0.717) is 0 Å². The maximum Gasteiger partial charge on any atom is 0.340 e. The zero-order valence-electron chi connectivity index (χ0n) is 8.81. The lowest BCUT2D eigenvalue weighted by atomic mass is 10.2. The van der Waals surface area contributed by atoms with Gasteiger partial charge in [-0.15, -0.1) is 0 Å². The van der Waals surface area contributed by atoms with Crippen LogP contribution < -0.4 is 5.73 Å². The second kappa shape index (κ2) is 5.19. The molecule has 0 aliphatic heterocycles. The van der Waals surface area contributed by atoms with Gasteiger partial charge in [0.05, 0.1) is 17.9 Å². The summed E-state index contributed by atoms with van der Waals surface area (Å²) in [7, 11) is -4.48. The standard InChI is InChI=1S/C9H10INO5S/c1-2-16-9(12)5-3-4-6(10)8(7(5)11)17(13,14)15/h3-4H,2,11H2,1H3,(H,13,14,15). The van der Waals surface area contributed by atoms with Gasteiger partial charge in [-0.05, 0) is 41.6 Å². The molecule has 6 nitrogen and oxygen atoms in total. The van der Waals surface area contributed by atoms with Crippen LogP contribution in [0.4, 0.5) is 5.69 Å². The Labute approximate surface area is 112 Å². The molecule has 17 heavy (non-hydrogen) atoms. The summed E-state index contributed by atoms with van der Waals surface area (Å²) in [5, 5.41) is 0. The molecule has 3 N–H and O–H groups in total. The summed E-state index contributed by atoms with van der Waals surface area (Å²) < 4.78 is 36.2. The van der Waals surface area contributed by atoms with Crippen molar-refractivity contribution in [2.45, 2.75) is 11.8 Å². The Bertz CT molecular complexity index is 555. The minimum absolute atomic E-state index is 0.0834. The molecule has 0 radical (unpaired) electrons. The first-order valence-corrected chi connectivity index (χ1v) is 7.03. The number of carbonyl (C=O) groups excluding carboxylic acids is 1. The van der Waals surface area contributed by atoms with E-state index in [1.165, 1.54) is 12.1 Å². The average Bonchev–Trinajstić information content (AvgIpc) is 2.15. The first-order chi connectivity index (χ1) is 7.79. The zero-order valence-corrected chi connectivity index (χ0v) is 11.8. The maximum atomic E-state index is 11.5. The van der Waals surface area contributed by atoms with Crippen molar-refractivity contribution in [3.05, 3.63) is 21.3 Å². The summed E-state index contributed by atoms with van der Waals surface area (Å²) in [6.45, 7) is 1.76. The van der Waals surface area contributed by atoms with Crippen LogP contribution in [0.3, 0.4) is 0 Å². The number of hydrogen-bond donors (Lipinski definition) is 2. The number of ether oxygens (including phenoxy) is 1. The van der Waals surface area contributed by atoms with E-state index in [0.717, 1.165) is 0 Å². The summed E-state index contributed by atoms with van der Waals surface area (Å²) in [4.78, 5) is 11.0. The minimum Gasteiger partial charge on any atom is -0.462 e. The van der Waals surface area contributed by atoms with Gasteiger partial charge in [0.25, 0.3) is 10.1 Å². The maximum absolute atomic E-state index is 11.5. The van der Waals surface area contributed by atoms with E-state index >= 15 is 0 Å². The summed E-state index contributed by atoms with van der Waals surface area (Å²) in [6, 6.07) is 2.72. The molecule has 0 heterocycles. The van der Waals surface area contributed by atoms with Crippen LogP contribution in [0.5, 0.6) is 0 Å². The van der Waals surface area contributed by atoms with E-state index in [9.17, 15) is 13.2 Å². The Morgan fingerprint density at radius 1 is 1.53 bits per heavy atom. The molecule has 1 aromatic carbocycles. The number of nitrogen functional groups attached to an aromatic ring is 1. The van der Waals surface area contributed by atoms with Gasteiger partial charge >= 0.3 is 5.97 Å². The fraction of sp³-hybridized carbons (Fsp3) is 0.222. The molecule has 0 amide bonds. The van der Waals surface area contributed by atoms with E-state index in [1.54, 1.807) is 29.5 Å². The molecule has 94 valence electrons. The molecule has 0 saturated carbocycles. The number of hydrogen-bond acceptors (Lipinski definition) is 5. The van der Waals surface area contributed by atoms with Gasteiger partial charge in [-0.25, -0.2) is 4.79 Å². The summed E-state index contributed by atoms with van der Waals surface area (Å²) in [6.07, 6.45) is 0. The number of anilines is 1. The molecular weight excluding hydrogens is 361 g/mol. The molecule has 1 rings (SSSR count). The highest BCUT2D eigenvalue weighted by Gasteiger charge is 2.23. The lowest BCUT2D eigenvalue weighted by molar-refractivity contribution is 0.0527. The fourth-order valence-electron chi connectivity index (χ4n) is 1.22. The molecule has 0 aliphatic rings. The largest absolute Gasteiger partial charge is 0.462 e. The van der Waals surface area contributed by atoms with Gasteiger partial charge in [-0.1, -0.05) is 0 Å². The van der Waals surface area contributed by atoms with Crippen molar-refractivity contribution >= 4 is 44.4 Å². The van der Waals surface area contributed by atoms with Crippen LogP contribution in [-0.2, 0) is 14.9 Å². The van der Waals surface area contributed by atoms with Crippen molar-refractivity contribution < 1.29 is 22.5 Å². The topological polar surface area (TPSA) is 107 Å². The summed E-state index contributed by atoms with van der Waals surface area (Å²) in [5.74, 6) is -0.730. The van der Waals surface area contributed by atoms with Crippen LogP contribution in [0.15, 0.2) is 17.0 Å². The Balaban J connectivity index is 3.45. The lowest BCUT2D eigenvalue weighted by Crippen LogP contribution is -2.13. The Kier molecular flexibility index (Phi) is 4.33. The van der Waals surface area contributed by atoms with Gasteiger partial charge in [-0.2, -0.15) is 8.42 Å². The van der Waals surface area contributed by atoms with Crippen molar-refractivity contribution in [3.63, 3.8) is 0 Å². The molecule has 0 saturated heterocycles. The molecule has 8 heteroatoms. The number of carbonyl (C=O) groups is 1. The lowest BCUT2D eigenvalue weighted by Gasteiger charge is -2.10. The number of nitrogens with two attached hydrogens (primary N) is 1. The first-order valence-electron chi connectivity index (χ1n) is 4.51. The normalized spacial score (nSPS) is 11.2. The van der Waals surface area contributed by atoms with Crippen molar-refractivity contribution in [1.29, 1.82) is 0 Å². The summed E-state index contributed by atoms with van der Waals surface area (Å²) >= 11 is 1.70. The average molecular weight is 371 g/mol. The molecule has 0 spiro atoms. The molecule has 1 aromatic rings. The first kappa shape index (κ1) is 14.2. The summed E-state index contributed by atoms with van der Waals surface area (Å²) in [5.41, 5.74) is 5.17. The highest BCUT2D eigenvalue weighted by Crippen LogP contribution is 2.28. The van der Waals surface area contributed by atoms with E-state index in [1.807, 2.05) is 0 Å². The van der Waals surface area contributed by atoms with Gasteiger partial charge in [-0.3, -0.25) is 4.55 Å². The number of benzene rings is 1. The minimum atomic E-state index is -4.48. The Morgan fingerprint density at radius 3 is 2.59 bits per heavy atom. The molecule has 0 aliphatic carbocycles. The molecule has 0 unspecified atom stereocenters. The van der Waals surface area contributed by atoms with Crippen LogP contribution in [0.2, 0.25) is 0 Å². The predicted molar refractivity (Wildman–Crippen MR) is 69.3 cm³/mol. The number of rotatable bonds is 3. The second-order valence-corrected chi connectivity index (χ2v) is 5.55. The monoisotopic (exact) mass is 371 g/mol. The number of halogens is 1. The van der Waals surface area contributed by atoms with Crippen molar-refractivity contribution in [3.8, 4) is 0 Å².